The summed E-state index contributed by atoms with van der Waals surface area (Å²) >= 11 is 0. The molecule has 4 rings (SSSR count). The number of rotatable bonds is 3. The van der Waals surface area contributed by atoms with Crippen molar-refractivity contribution in [2.24, 2.45) is 0 Å². The minimum absolute atomic E-state index is 0. The molecular formula is C21H29ClN4O. The molecule has 1 amide bonds. The quantitative estimate of drug-likeness (QED) is 0.878. The largest absolute Gasteiger partial charge is 0.341 e. The highest BCUT2D eigenvalue weighted by atomic mass is 35.5. The van der Waals surface area contributed by atoms with Crippen LogP contribution in [-0.4, -0.2) is 46.8 Å². The third-order valence-electron chi connectivity index (χ3n) is 6.18. The van der Waals surface area contributed by atoms with Crippen LogP contribution in [-0.2, 0) is 10.3 Å². The molecule has 3 heterocycles. The third-order valence-corrected chi connectivity index (χ3v) is 6.18. The smallest absolute Gasteiger partial charge is 0.250 e. The Hall–Kier alpha value is -1.85. The van der Waals surface area contributed by atoms with E-state index in [1.54, 1.807) is 6.20 Å². The van der Waals surface area contributed by atoms with E-state index in [1.807, 2.05) is 16.9 Å². The summed E-state index contributed by atoms with van der Waals surface area (Å²) in [6.45, 7) is 5.60. The number of nitrogens with zero attached hydrogens (tertiary/aromatic N) is 3. The monoisotopic (exact) mass is 388 g/mol. The fourth-order valence-corrected chi connectivity index (χ4v) is 4.64. The predicted molar refractivity (Wildman–Crippen MR) is 109 cm³/mol. The number of halogens is 1. The number of carbonyl (C=O) groups is 1. The summed E-state index contributed by atoms with van der Waals surface area (Å²) in [5.74, 6) is 0.819. The van der Waals surface area contributed by atoms with Crippen LogP contribution in [0.25, 0.3) is 0 Å². The second-order valence-corrected chi connectivity index (χ2v) is 7.66. The van der Waals surface area contributed by atoms with Crippen LogP contribution in [0, 0.1) is 6.92 Å². The number of aryl methyl sites for hydroxylation is 1. The van der Waals surface area contributed by atoms with Crippen LogP contribution in [0.3, 0.4) is 0 Å². The van der Waals surface area contributed by atoms with Crippen LogP contribution in [0.2, 0.25) is 0 Å². The summed E-state index contributed by atoms with van der Waals surface area (Å²) in [6, 6.07) is 10.6. The molecule has 2 aromatic rings. The van der Waals surface area contributed by atoms with Gasteiger partial charge in [0.2, 0.25) is 0 Å². The van der Waals surface area contributed by atoms with E-state index in [2.05, 4.69) is 46.5 Å². The van der Waals surface area contributed by atoms with Crippen molar-refractivity contribution in [3.63, 3.8) is 0 Å². The standard InChI is InChI=1S/C21H28N4O.ClH/c1-17-5-2-3-6-19(17)18-7-15-24(16-8-18)20(26)21(9-12-22-13-10-21)25-14-4-11-23-25;/h2-6,11,14,18,22H,7-10,12-13,15-16H2,1H3;1H. The lowest BCUT2D eigenvalue weighted by Gasteiger charge is -2.42. The molecule has 1 aromatic heterocycles. The van der Waals surface area contributed by atoms with Gasteiger partial charge in [-0.2, -0.15) is 5.10 Å². The Labute approximate surface area is 167 Å². The maximum absolute atomic E-state index is 13.5. The van der Waals surface area contributed by atoms with Gasteiger partial charge in [0.15, 0.2) is 0 Å². The molecule has 0 saturated carbocycles. The average Bonchev–Trinajstić information content (AvgIpc) is 3.24. The second-order valence-electron chi connectivity index (χ2n) is 7.66. The van der Waals surface area contributed by atoms with Gasteiger partial charge in [-0.25, -0.2) is 0 Å². The van der Waals surface area contributed by atoms with Crippen molar-refractivity contribution in [1.82, 2.24) is 20.0 Å². The molecule has 2 fully saturated rings. The molecule has 146 valence electrons. The van der Waals surface area contributed by atoms with Gasteiger partial charge in [0.25, 0.3) is 5.91 Å². The van der Waals surface area contributed by atoms with Crippen molar-refractivity contribution in [3.05, 3.63) is 53.9 Å². The molecule has 0 bridgehead atoms. The molecule has 6 heteroatoms. The molecule has 2 aliphatic heterocycles. The maximum Gasteiger partial charge on any atom is 0.250 e. The summed E-state index contributed by atoms with van der Waals surface area (Å²) < 4.78 is 1.91. The number of benzene rings is 1. The number of aromatic nitrogens is 2. The van der Waals surface area contributed by atoms with Crippen LogP contribution in [0.15, 0.2) is 42.7 Å². The van der Waals surface area contributed by atoms with Gasteiger partial charge in [-0.3, -0.25) is 9.48 Å². The van der Waals surface area contributed by atoms with Crippen LogP contribution < -0.4 is 5.32 Å². The Balaban J connectivity index is 0.00000210. The summed E-state index contributed by atoms with van der Waals surface area (Å²) in [5.41, 5.74) is 2.30. The Bertz CT molecular complexity index is 747. The van der Waals surface area contributed by atoms with Gasteiger partial charge in [0, 0.05) is 25.5 Å². The number of carbonyl (C=O) groups excluding carboxylic acids is 1. The normalized spacial score (nSPS) is 20.1. The van der Waals surface area contributed by atoms with Gasteiger partial charge in [-0.15, -0.1) is 12.4 Å². The van der Waals surface area contributed by atoms with Crippen molar-refractivity contribution < 1.29 is 4.79 Å². The van der Waals surface area contributed by atoms with Gasteiger partial charge in [0.1, 0.15) is 5.54 Å². The maximum atomic E-state index is 13.5. The Kier molecular flexibility index (Phi) is 6.22. The lowest BCUT2D eigenvalue weighted by Crippen LogP contribution is -2.56. The van der Waals surface area contributed by atoms with Crippen LogP contribution >= 0.6 is 12.4 Å². The van der Waals surface area contributed by atoms with Gasteiger partial charge in [-0.05, 0) is 68.8 Å². The molecule has 5 nitrogen and oxygen atoms in total. The molecular weight excluding hydrogens is 360 g/mol. The topological polar surface area (TPSA) is 50.2 Å². The van der Waals surface area contributed by atoms with Gasteiger partial charge in [0.05, 0.1) is 0 Å². The first-order valence-corrected chi connectivity index (χ1v) is 9.76. The SMILES string of the molecule is Cc1ccccc1C1CCN(C(=O)C2(n3cccn3)CCNCC2)CC1.Cl. The van der Waals surface area contributed by atoms with Crippen molar-refractivity contribution in [1.29, 1.82) is 0 Å². The third kappa shape index (κ3) is 3.76. The summed E-state index contributed by atoms with van der Waals surface area (Å²) in [6.07, 6.45) is 7.44. The molecule has 0 spiro atoms. The highest BCUT2D eigenvalue weighted by molar-refractivity contribution is 5.85. The summed E-state index contributed by atoms with van der Waals surface area (Å²) in [7, 11) is 0. The second kappa shape index (κ2) is 8.44. The first-order chi connectivity index (χ1) is 12.7. The van der Waals surface area contributed by atoms with E-state index in [-0.39, 0.29) is 18.3 Å². The zero-order valence-corrected chi connectivity index (χ0v) is 16.8. The molecule has 1 N–H and O–H groups in total. The zero-order valence-electron chi connectivity index (χ0n) is 15.9. The average molecular weight is 389 g/mol. The van der Waals surface area contributed by atoms with Crippen molar-refractivity contribution in [3.8, 4) is 0 Å². The number of hydrogen-bond donors (Lipinski definition) is 1. The van der Waals surface area contributed by atoms with Crippen LogP contribution in [0.4, 0.5) is 0 Å². The number of piperidine rings is 2. The van der Waals surface area contributed by atoms with Crippen LogP contribution in [0.1, 0.15) is 42.7 Å². The zero-order chi connectivity index (χ0) is 18.0. The highest BCUT2D eigenvalue weighted by Crippen LogP contribution is 2.34. The van der Waals surface area contributed by atoms with Crippen LogP contribution in [0.5, 0.6) is 0 Å². The Morgan fingerprint density at radius 2 is 1.85 bits per heavy atom. The number of likely N-dealkylation sites (tertiary alicyclic amines) is 1. The number of amides is 1. The Morgan fingerprint density at radius 3 is 2.48 bits per heavy atom. The summed E-state index contributed by atoms with van der Waals surface area (Å²) in [4.78, 5) is 15.6. The van der Waals surface area contributed by atoms with Crippen molar-refractivity contribution in [2.75, 3.05) is 26.2 Å². The van der Waals surface area contributed by atoms with E-state index >= 15 is 0 Å². The lowest BCUT2D eigenvalue weighted by molar-refractivity contribution is -0.144. The highest BCUT2D eigenvalue weighted by Gasteiger charge is 2.45. The fourth-order valence-electron chi connectivity index (χ4n) is 4.64. The molecule has 0 radical (unpaired) electrons. The van der Waals surface area contributed by atoms with Crippen molar-refractivity contribution in [2.45, 2.75) is 44.1 Å². The summed E-state index contributed by atoms with van der Waals surface area (Å²) in [5, 5.41) is 7.83. The molecule has 27 heavy (non-hydrogen) atoms. The van der Waals surface area contributed by atoms with Gasteiger partial charge < -0.3 is 10.2 Å². The van der Waals surface area contributed by atoms with Gasteiger partial charge >= 0.3 is 0 Å². The molecule has 2 aliphatic rings. The molecule has 0 atom stereocenters. The molecule has 0 aliphatic carbocycles. The first-order valence-electron chi connectivity index (χ1n) is 9.76. The lowest BCUT2D eigenvalue weighted by atomic mass is 9.83. The Morgan fingerprint density at radius 1 is 1.15 bits per heavy atom. The number of nitrogens with one attached hydrogen (secondary N) is 1. The predicted octanol–water partition coefficient (Wildman–Crippen LogP) is 3.10. The van der Waals surface area contributed by atoms with E-state index in [0.717, 1.165) is 51.9 Å². The van der Waals surface area contributed by atoms with Gasteiger partial charge in [-0.1, -0.05) is 24.3 Å². The fraction of sp³-hybridized carbons (Fsp3) is 0.524. The number of hydrogen-bond acceptors (Lipinski definition) is 3. The van der Waals surface area contributed by atoms with E-state index in [0.29, 0.717) is 5.92 Å². The minimum Gasteiger partial charge on any atom is -0.341 e. The minimum atomic E-state index is -0.510. The van der Waals surface area contributed by atoms with Crippen molar-refractivity contribution >= 4 is 18.3 Å². The van der Waals surface area contributed by atoms with E-state index in [1.165, 1.54) is 11.1 Å². The van der Waals surface area contributed by atoms with E-state index in [9.17, 15) is 4.79 Å². The van der Waals surface area contributed by atoms with E-state index in [4.69, 9.17) is 0 Å². The van der Waals surface area contributed by atoms with E-state index < -0.39 is 5.54 Å². The molecule has 0 unspecified atom stereocenters. The molecule has 2 saturated heterocycles. The first kappa shape index (κ1) is 19.9. The molecule has 1 aromatic carbocycles.